The quantitative estimate of drug-likeness (QED) is 0.631. The van der Waals surface area contributed by atoms with Crippen LogP contribution in [0.5, 0.6) is 0 Å². The number of anilines is 1. The molecule has 0 amide bonds. The summed E-state index contributed by atoms with van der Waals surface area (Å²) < 4.78 is 27.3. The summed E-state index contributed by atoms with van der Waals surface area (Å²) >= 11 is 10.1. The summed E-state index contributed by atoms with van der Waals surface area (Å²) in [4.78, 5) is 11.3. The van der Waals surface area contributed by atoms with Gasteiger partial charge in [0.15, 0.2) is 5.65 Å². The van der Waals surface area contributed by atoms with E-state index >= 15 is 0 Å². The van der Waals surface area contributed by atoms with Gasteiger partial charge in [0.25, 0.3) is 10.0 Å². The Balaban J connectivity index is 2.01. The smallest absolute Gasteiger partial charge is 0.265 e. The van der Waals surface area contributed by atoms with Gasteiger partial charge >= 0.3 is 0 Å². The van der Waals surface area contributed by atoms with E-state index in [0.717, 1.165) is 0 Å². The number of nitrogens with zero attached hydrogens (tertiary/aromatic N) is 2. The van der Waals surface area contributed by atoms with Crippen molar-refractivity contribution in [3.05, 3.63) is 41.0 Å². The average Bonchev–Trinajstić information content (AvgIpc) is 2.83. The molecule has 3 aromatic rings. The van der Waals surface area contributed by atoms with Gasteiger partial charge in [-0.25, -0.2) is 18.1 Å². The van der Waals surface area contributed by atoms with Crippen molar-refractivity contribution in [3.63, 3.8) is 0 Å². The van der Waals surface area contributed by atoms with Gasteiger partial charge in [-0.05, 0) is 36.8 Å². The van der Waals surface area contributed by atoms with E-state index in [9.17, 15) is 8.42 Å². The lowest BCUT2D eigenvalue weighted by molar-refractivity contribution is 0.599. The Bertz CT molecular complexity index is 936. The van der Waals surface area contributed by atoms with E-state index in [1.54, 1.807) is 25.3 Å². The van der Waals surface area contributed by atoms with Crippen LogP contribution in [-0.4, -0.2) is 23.4 Å². The van der Waals surface area contributed by atoms with Crippen molar-refractivity contribution in [3.8, 4) is 0 Å². The molecule has 0 aliphatic carbocycles. The highest BCUT2D eigenvalue weighted by Crippen LogP contribution is 2.28. The molecule has 0 atom stereocenters. The van der Waals surface area contributed by atoms with Crippen molar-refractivity contribution < 1.29 is 8.42 Å². The lowest BCUT2D eigenvalue weighted by atomic mass is 10.2. The number of rotatable bonds is 3. The van der Waals surface area contributed by atoms with Gasteiger partial charge in [-0.3, -0.25) is 0 Å². The van der Waals surface area contributed by atoms with E-state index in [-0.39, 0.29) is 15.7 Å². The zero-order chi connectivity index (χ0) is 15.9. The number of nitrogens with one attached hydrogen (secondary N) is 2. The molecule has 0 aliphatic heterocycles. The van der Waals surface area contributed by atoms with Crippen molar-refractivity contribution in [2.45, 2.75) is 16.7 Å². The van der Waals surface area contributed by atoms with Crippen LogP contribution in [0.15, 0.2) is 40.3 Å². The second-order valence-electron chi connectivity index (χ2n) is 4.63. The maximum absolute atomic E-state index is 12.5. The maximum atomic E-state index is 12.5. The topological polar surface area (TPSA) is 87.7 Å². The molecule has 0 aliphatic rings. The second kappa shape index (κ2) is 5.45. The maximum Gasteiger partial charge on any atom is 0.265 e. The number of sulfonamides is 1. The molecule has 22 heavy (non-hydrogen) atoms. The van der Waals surface area contributed by atoms with Crippen LogP contribution in [-0.2, 0) is 10.0 Å². The zero-order valence-electron chi connectivity index (χ0n) is 11.3. The van der Waals surface area contributed by atoms with E-state index in [4.69, 9.17) is 11.6 Å². The fourth-order valence-electron chi connectivity index (χ4n) is 1.94. The van der Waals surface area contributed by atoms with E-state index in [1.807, 2.05) is 0 Å². The first-order valence-electron chi connectivity index (χ1n) is 6.19. The first kappa shape index (κ1) is 15.1. The van der Waals surface area contributed by atoms with Gasteiger partial charge in [0.2, 0.25) is 5.95 Å². The normalized spacial score (nSPS) is 11.8. The number of H-pyrrole nitrogens is 1. The fourth-order valence-corrected chi connectivity index (χ4v) is 3.86. The minimum absolute atomic E-state index is 0.0335. The molecule has 2 heterocycles. The standard InChI is InChI=1S/C13H11ClN4O2S2/c1-7-5-11(10(21)6-8(7)14)22(19,20)18-13-16-9-3-2-4-15-12(9)17-13/h2-6,21H,1H3,(H2,15,16,17,18). The van der Waals surface area contributed by atoms with Crippen molar-refractivity contribution in [2.24, 2.45) is 0 Å². The van der Waals surface area contributed by atoms with Crippen molar-refractivity contribution in [1.29, 1.82) is 0 Å². The molecule has 0 saturated carbocycles. The summed E-state index contributed by atoms with van der Waals surface area (Å²) in [6.45, 7) is 1.72. The number of aromatic amines is 1. The molecule has 0 fully saturated rings. The largest absolute Gasteiger partial charge is 0.322 e. The number of aryl methyl sites for hydroxylation is 1. The van der Waals surface area contributed by atoms with E-state index < -0.39 is 10.0 Å². The van der Waals surface area contributed by atoms with Gasteiger partial charge in [0.1, 0.15) is 4.90 Å². The summed E-state index contributed by atoms with van der Waals surface area (Å²) in [7, 11) is -3.84. The minimum Gasteiger partial charge on any atom is -0.322 e. The fraction of sp³-hybridized carbons (Fsp3) is 0.0769. The third-order valence-electron chi connectivity index (χ3n) is 3.02. The van der Waals surface area contributed by atoms with Crippen LogP contribution in [0.2, 0.25) is 5.02 Å². The Hall–Kier alpha value is -1.77. The van der Waals surface area contributed by atoms with Crippen LogP contribution in [0, 0.1) is 6.92 Å². The number of aromatic nitrogens is 3. The molecule has 0 saturated heterocycles. The number of imidazole rings is 1. The minimum atomic E-state index is -3.84. The molecule has 0 spiro atoms. The second-order valence-corrected chi connectivity index (χ2v) is 7.17. The number of halogens is 1. The molecule has 0 unspecified atom stereocenters. The molecule has 0 bridgehead atoms. The molecule has 114 valence electrons. The van der Waals surface area contributed by atoms with Gasteiger partial charge in [0.05, 0.1) is 5.52 Å². The first-order valence-corrected chi connectivity index (χ1v) is 8.50. The van der Waals surface area contributed by atoms with Crippen LogP contribution >= 0.6 is 24.2 Å². The first-order chi connectivity index (χ1) is 10.4. The van der Waals surface area contributed by atoms with Gasteiger partial charge in [-0.15, -0.1) is 12.6 Å². The van der Waals surface area contributed by atoms with E-state index in [0.29, 0.717) is 21.7 Å². The summed E-state index contributed by atoms with van der Waals surface area (Å²) in [6, 6.07) is 6.44. The average molecular weight is 355 g/mol. The van der Waals surface area contributed by atoms with Gasteiger partial charge in [-0.1, -0.05) is 11.6 Å². The summed E-state index contributed by atoms with van der Waals surface area (Å²) in [6.07, 6.45) is 1.58. The Morgan fingerprint density at radius 2 is 2.14 bits per heavy atom. The molecule has 2 aromatic heterocycles. The Labute approximate surface area is 137 Å². The molecule has 2 N–H and O–H groups in total. The lowest BCUT2D eigenvalue weighted by Crippen LogP contribution is -2.15. The predicted molar refractivity (Wildman–Crippen MR) is 88.1 cm³/mol. The van der Waals surface area contributed by atoms with E-state index in [2.05, 4.69) is 32.3 Å². The van der Waals surface area contributed by atoms with Crippen LogP contribution in [0.4, 0.5) is 5.95 Å². The number of fused-ring (bicyclic) bond motifs is 1. The molecule has 0 radical (unpaired) electrons. The molecule has 3 rings (SSSR count). The number of hydrogen-bond donors (Lipinski definition) is 3. The molecule has 9 heteroatoms. The van der Waals surface area contributed by atoms with Crippen molar-refractivity contribution >= 4 is 51.4 Å². The van der Waals surface area contributed by atoms with Gasteiger partial charge < -0.3 is 4.98 Å². The Morgan fingerprint density at radius 3 is 2.86 bits per heavy atom. The third kappa shape index (κ3) is 2.77. The highest BCUT2D eigenvalue weighted by molar-refractivity contribution is 7.93. The number of thiol groups is 1. The number of benzene rings is 1. The van der Waals surface area contributed by atoms with Crippen molar-refractivity contribution in [2.75, 3.05) is 4.72 Å². The number of pyridine rings is 1. The summed E-state index contributed by atoms with van der Waals surface area (Å²) in [5, 5.41) is 0.455. The summed E-state index contributed by atoms with van der Waals surface area (Å²) in [5.41, 5.74) is 1.71. The monoisotopic (exact) mass is 354 g/mol. The number of hydrogen-bond acceptors (Lipinski definition) is 5. The van der Waals surface area contributed by atoms with Crippen LogP contribution in [0.1, 0.15) is 5.56 Å². The third-order valence-corrected chi connectivity index (χ3v) is 5.33. The highest BCUT2D eigenvalue weighted by Gasteiger charge is 2.20. The molecule has 1 aromatic carbocycles. The summed E-state index contributed by atoms with van der Waals surface area (Å²) in [5.74, 6) is 0.0917. The molecule has 6 nitrogen and oxygen atoms in total. The van der Waals surface area contributed by atoms with Crippen LogP contribution in [0.3, 0.4) is 0 Å². The zero-order valence-corrected chi connectivity index (χ0v) is 13.8. The van der Waals surface area contributed by atoms with Crippen molar-refractivity contribution in [1.82, 2.24) is 15.0 Å². The Kier molecular flexibility index (Phi) is 3.75. The van der Waals surface area contributed by atoms with Crippen LogP contribution in [0.25, 0.3) is 11.2 Å². The van der Waals surface area contributed by atoms with Crippen LogP contribution < -0.4 is 4.72 Å². The van der Waals surface area contributed by atoms with Gasteiger partial charge in [-0.2, -0.15) is 4.98 Å². The SMILES string of the molecule is Cc1cc(S(=O)(=O)Nc2nc3ncccc3[nH]2)c(S)cc1Cl. The Morgan fingerprint density at radius 1 is 1.36 bits per heavy atom. The predicted octanol–water partition coefficient (Wildman–Crippen LogP) is 3.01. The molecular weight excluding hydrogens is 344 g/mol. The van der Waals surface area contributed by atoms with Gasteiger partial charge in [0, 0.05) is 16.1 Å². The highest BCUT2D eigenvalue weighted by atomic mass is 35.5. The molecular formula is C13H11ClN4O2S2. The lowest BCUT2D eigenvalue weighted by Gasteiger charge is -2.09. The van der Waals surface area contributed by atoms with E-state index in [1.165, 1.54) is 12.1 Å².